The SMILES string of the molecule is C1COC[C@@H](CNC[C@H]2CCCO2)C1. The zero-order valence-corrected chi connectivity index (χ0v) is 8.84. The van der Waals surface area contributed by atoms with Gasteiger partial charge in [0.15, 0.2) is 0 Å². The van der Waals surface area contributed by atoms with Crippen molar-refractivity contribution in [2.24, 2.45) is 5.92 Å². The third kappa shape index (κ3) is 3.23. The van der Waals surface area contributed by atoms with E-state index in [1.54, 1.807) is 0 Å². The van der Waals surface area contributed by atoms with E-state index in [0.717, 1.165) is 38.8 Å². The zero-order chi connectivity index (χ0) is 9.64. The smallest absolute Gasteiger partial charge is 0.0700 e. The fraction of sp³-hybridized carbons (Fsp3) is 1.00. The molecular weight excluding hydrogens is 178 g/mol. The number of rotatable bonds is 4. The summed E-state index contributed by atoms with van der Waals surface area (Å²) in [4.78, 5) is 0. The minimum atomic E-state index is 0.472. The summed E-state index contributed by atoms with van der Waals surface area (Å²) in [7, 11) is 0. The normalized spacial score (nSPS) is 33.4. The lowest BCUT2D eigenvalue weighted by Crippen LogP contribution is -2.33. The van der Waals surface area contributed by atoms with Crippen molar-refractivity contribution in [2.75, 3.05) is 32.9 Å². The fourth-order valence-corrected chi connectivity index (χ4v) is 2.22. The van der Waals surface area contributed by atoms with Crippen LogP contribution in [0.2, 0.25) is 0 Å². The highest BCUT2D eigenvalue weighted by atomic mass is 16.5. The second-order valence-corrected chi connectivity index (χ2v) is 4.38. The summed E-state index contributed by atoms with van der Waals surface area (Å²) in [5.74, 6) is 0.727. The lowest BCUT2D eigenvalue weighted by Gasteiger charge is -2.22. The van der Waals surface area contributed by atoms with Gasteiger partial charge in [-0.3, -0.25) is 0 Å². The van der Waals surface area contributed by atoms with E-state index < -0.39 is 0 Å². The molecule has 0 aliphatic carbocycles. The molecule has 0 aromatic carbocycles. The highest BCUT2D eigenvalue weighted by Crippen LogP contribution is 2.13. The zero-order valence-electron chi connectivity index (χ0n) is 8.84. The molecule has 2 rings (SSSR count). The molecule has 2 saturated heterocycles. The first-order chi connectivity index (χ1) is 6.95. The van der Waals surface area contributed by atoms with Gasteiger partial charge in [-0.05, 0) is 31.6 Å². The Balaban J connectivity index is 1.52. The first kappa shape index (κ1) is 10.4. The Morgan fingerprint density at radius 3 is 2.71 bits per heavy atom. The van der Waals surface area contributed by atoms with E-state index in [-0.39, 0.29) is 0 Å². The van der Waals surface area contributed by atoms with Crippen molar-refractivity contribution in [3.8, 4) is 0 Å². The van der Waals surface area contributed by atoms with E-state index in [1.807, 2.05) is 0 Å². The molecule has 14 heavy (non-hydrogen) atoms. The maximum Gasteiger partial charge on any atom is 0.0700 e. The summed E-state index contributed by atoms with van der Waals surface area (Å²) >= 11 is 0. The monoisotopic (exact) mass is 199 g/mol. The molecule has 2 aliphatic heterocycles. The van der Waals surface area contributed by atoms with Crippen LogP contribution in [0.4, 0.5) is 0 Å². The van der Waals surface area contributed by atoms with E-state index in [2.05, 4.69) is 5.32 Å². The second kappa shape index (κ2) is 5.69. The van der Waals surface area contributed by atoms with Gasteiger partial charge in [0.25, 0.3) is 0 Å². The van der Waals surface area contributed by atoms with Gasteiger partial charge in [-0.25, -0.2) is 0 Å². The Morgan fingerprint density at radius 2 is 2.00 bits per heavy atom. The van der Waals surface area contributed by atoms with Gasteiger partial charge in [0.2, 0.25) is 0 Å². The number of nitrogens with one attached hydrogen (secondary N) is 1. The van der Waals surface area contributed by atoms with Crippen LogP contribution in [-0.4, -0.2) is 39.0 Å². The molecule has 1 N–H and O–H groups in total. The topological polar surface area (TPSA) is 30.5 Å². The molecule has 3 nitrogen and oxygen atoms in total. The summed E-state index contributed by atoms with van der Waals surface area (Å²) < 4.78 is 11.0. The molecular formula is C11H21NO2. The minimum absolute atomic E-state index is 0.472. The van der Waals surface area contributed by atoms with E-state index >= 15 is 0 Å². The van der Waals surface area contributed by atoms with Crippen LogP contribution < -0.4 is 5.32 Å². The highest BCUT2D eigenvalue weighted by Gasteiger charge is 2.17. The van der Waals surface area contributed by atoms with Crippen LogP contribution in [0.5, 0.6) is 0 Å². The van der Waals surface area contributed by atoms with Crippen molar-refractivity contribution in [3.05, 3.63) is 0 Å². The minimum Gasteiger partial charge on any atom is -0.381 e. The first-order valence-corrected chi connectivity index (χ1v) is 5.85. The molecule has 0 unspecified atom stereocenters. The van der Waals surface area contributed by atoms with Crippen molar-refractivity contribution in [1.29, 1.82) is 0 Å². The van der Waals surface area contributed by atoms with Crippen LogP contribution in [0.1, 0.15) is 25.7 Å². The van der Waals surface area contributed by atoms with E-state index in [0.29, 0.717) is 6.10 Å². The van der Waals surface area contributed by atoms with Gasteiger partial charge in [-0.1, -0.05) is 0 Å². The molecule has 0 aromatic rings. The molecule has 2 heterocycles. The molecule has 0 aromatic heterocycles. The van der Waals surface area contributed by atoms with Crippen LogP contribution in [0, 0.1) is 5.92 Å². The summed E-state index contributed by atoms with van der Waals surface area (Å²) in [6.07, 6.45) is 5.48. The quantitative estimate of drug-likeness (QED) is 0.737. The van der Waals surface area contributed by atoms with Gasteiger partial charge in [-0.2, -0.15) is 0 Å². The number of hydrogen-bond acceptors (Lipinski definition) is 3. The third-order valence-electron chi connectivity index (χ3n) is 3.08. The van der Waals surface area contributed by atoms with E-state index in [1.165, 1.54) is 25.7 Å². The lowest BCUT2D eigenvalue weighted by molar-refractivity contribution is 0.0520. The van der Waals surface area contributed by atoms with Crippen molar-refractivity contribution < 1.29 is 9.47 Å². The predicted molar refractivity (Wildman–Crippen MR) is 55.4 cm³/mol. The van der Waals surface area contributed by atoms with E-state index in [4.69, 9.17) is 9.47 Å². The van der Waals surface area contributed by atoms with Crippen molar-refractivity contribution in [2.45, 2.75) is 31.8 Å². The highest BCUT2D eigenvalue weighted by molar-refractivity contribution is 4.70. The molecule has 2 atom stereocenters. The Kier molecular flexibility index (Phi) is 4.22. The molecule has 82 valence electrons. The van der Waals surface area contributed by atoms with E-state index in [9.17, 15) is 0 Å². The average Bonchev–Trinajstić information content (AvgIpc) is 2.72. The molecule has 0 amide bonds. The van der Waals surface area contributed by atoms with Crippen molar-refractivity contribution >= 4 is 0 Å². The van der Waals surface area contributed by atoms with Crippen LogP contribution in [0.3, 0.4) is 0 Å². The lowest BCUT2D eigenvalue weighted by atomic mass is 10.0. The molecule has 2 fully saturated rings. The van der Waals surface area contributed by atoms with Gasteiger partial charge >= 0.3 is 0 Å². The molecule has 0 bridgehead atoms. The summed E-state index contributed by atoms with van der Waals surface area (Å²) in [6, 6.07) is 0. The molecule has 3 heteroatoms. The first-order valence-electron chi connectivity index (χ1n) is 5.85. The predicted octanol–water partition coefficient (Wildman–Crippen LogP) is 1.18. The van der Waals surface area contributed by atoms with Gasteiger partial charge in [0.05, 0.1) is 12.7 Å². The standard InChI is InChI=1S/C11H21NO2/c1-3-10(9-13-5-1)7-12-8-11-4-2-6-14-11/h10-12H,1-9H2/t10-,11-/m1/s1. The number of hydrogen-bond donors (Lipinski definition) is 1. The fourth-order valence-electron chi connectivity index (χ4n) is 2.22. The maximum absolute atomic E-state index is 5.55. The van der Waals surface area contributed by atoms with Gasteiger partial charge < -0.3 is 14.8 Å². The van der Waals surface area contributed by atoms with Gasteiger partial charge in [0.1, 0.15) is 0 Å². The molecule has 0 spiro atoms. The Bertz CT molecular complexity index is 151. The third-order valence-corrected chi connectivity index (χ3v) is 3.08. The molecule has 2 aliphatic rings. The second-order valence-electron chi connectivity index (χ2n) is 4.38. The van der Waals surface area contributed by atoms with Crippen LogP contribution in [0.15, 0.2) is 0 Å². The Labute approximate surface area is 86.2 Å². The maximum atomic E-state index is 5.55. The summed E-state index contributed by atoms with van der Waals surface area (Å²) in [6.45, 7) is 4.98. The van der Waals surface area contributed by atoms with Crippen molar-refractivity contribution in [3.63, 3.8) is 0 Å². The Morgan fingerprint density at radius 1 is 1.07 bits per heavy atom. The van der Waals surface area contributed by atoms with Crippen molar-refractivity contribution in [1.82, 2.24) is 5.32 Å². The molecule has 0 saturated carbocycles. The van der Waals surface area contributed by atoms with Gasteiger partial charge in [0, 0.05) is 26.3 Å². The van der Waals surface area contributed by atoms with Crippen LogP contribution >= 0.6 is 0 Å². The number of ether oxygens (including phenoxy) is 2. The largest absolute Gasteiger partial charge is 0.381 e. The molecule has 0 radical (unpaired) electrons. The Hall–Kier alpha value is -0.120. The summed E-state index contributed by atoms with van der Waals surface area (Å²) in [5.41, 5.74) is 0. The van der Waals surface area contributed by atoms with Gasteiger partial charge in [-0.15, -0.1) is 0 Å². The summed E-state index contributed by atoms with van der Waals surface area (Å²) in [5, 5.41) is 3.49. The average molecular weight is 199 g/mol. The van der Waals surface area contributed by atoms with Crippen LogP contribution in [-0.2, 0) is 9.47 Å². The van der Waals surface area contributed by atoms with Crippen LogP contribution in [0.25, 0.3) is 0 Å².